The molecule has 4 rings (SSSR count). The van der Waals surface area contributed by atoms with E-state index in [4.69, 9.17) is 11.6 Å². The Balaban J connectivity index is 1.64. The van der Waals surface area contributed by atoms with E-state index in [1.807, 2.05) is 36.4 Å². The Morgan fingerprint density at radius 2 is 1.87 bits per heavy atom. The number of halogens is 1. The van der Waals surface area contributed by atoms with Crippen LogP contribution < -0.4 is 9.62 Å². The minimum Gasteiger partial charge on any atom is -0.365 e. The molecule has 7 heteroatoms. The molecule has 0 saturated heterocycles. The van der Waals surface area contributed by atoms with Gasteiger partial charge < -0.3 is 4.90 Å². The van der Waals surface area contributed by atoms with Gasteiger partial charge in [-0.1, -0.05) is 41.9 Å². The molecule has 0 saturated carbocycles. The molecule has 0 unspecified atom stereocenters. The first-order valence-electron chi connectivity index (χ1n) is 9.54. The van der Waals surface area contributed by atoms with Gasteiger partial charge in [0.25, 0.3) is 0 Å². The summed E-state index contributed by atoms with van der Waals surface area (Å²) in [5, 5.41) is 9.94. The van der Waals surface area contributed by atoms with Gasteiger partial charge in [-0.05, 0) is 60.0 Å². The molecule has 1 aliphatic rings. The maximum atomic E-state index is 12.8. The van der Waals surface area contributed by atoms with E-state index in [0.717, 1.165) is 16.8 Å². The van der Waals surface area contributed by atoms with Crippen LogP contribution in [-0.2, 0) is 23.0 Å². The average Bonchev–Trinajstić information content (AvgIpc) is 2.73. The third-order valence-corrected chi connectivity index (χ3v) is 6.87. The summed E-state index contributed by atoms with van der Waals surface area (Å²) in [6.45, 7) is 1.10. The summed E-state index contributed by atoms with van der Waals surface area (Å²) in [5.74, 6) is 0. The predicted octanol–water partition coefficient (Wildman–Crippen LogP) is 4.12. The molecule has 0 aliphatic carbocycles. The van der Waals surface area contributed by atoms with Crippen molar-refractivity contribution >= 4 is 27.3 Å². The van der Waals surface area contributed by atoms with Gasteiger partial charge in [-0.3, -0.25) is 0 Å². The predicted molar refractivity (Wildman–Crippen MR) is 118 cm³/mol. The third kappa shape index (κ3) is 4.49. The molecule has 0 amide bonds. The van der Waals surface area contributed by atoms with Gasteiger partial charge >= 0.3 is 0 Å². The summed E-state index contributed by atoms with van der Waals surface area (Å²) in [4.78, 5) is 2.37. The van der Waals surface area contributed by atoms with Crippen LogP contribution in [-0.4, -0.2) is 21.0 Å². The number of sulfonamides is 1. The molecule has 1 aliphatic heterocycles. The molecule has 3 aromatic rings. The van der Waals surface area contributed by atoms with Crippen LogP contribution in [0.4, 0.5) is 5.69 Å². The highest BCUT2D eigenvalue weighted by Gasteiger charge is 2.28. The van der Waals surface area contributed by atoms with E-state index in [0.29, 0.717) is 30.1 Å². The molecule has 152 valence electrons. The number of benzene rings is 3. The molecule has 0 radical (unpaired) electrons. The Kier molecular flexibility index (Phi) is 5.78. The number of nitriles is 1. The molecule has 1 atom stereocenters. The summed E-state index contributed by atoms with van der Waals surface area (Å²) in [7, 11) is -3.64. The van der Waals surface area contributed by atoms with E-state index in [9.17, 15) is 13.7 Å². The maximum absolute atomic E-state index is 12.8. The molecule has 0 fully saturated rings. The van der Waals surface area contributed by atoms with Crippen molar-refractivity contribution in [2.75, 3.05) is 11.4 Å². The molecule has 3 aromatic carbocycles. The molecule has 5 nitrogen and oxygen atoms in total. The first-order valence-corrected chi connectivity index (χ1v) is 11.4. The summed E-state index contributed by atoms with van der Waals surface area (Å²) in [6, 6.07) is 23.4. The van der Waals surface area contributed by atoms with Gasteiger partial charge in [0.05, 0.1) is 16.5 Å². The Bertz CT molecular complexity index is 1210. The maximum Gasteiger partial charge on any atom is 0.240 e. The topological polar surface area (TPSA) is 73.2 Å². The van der Waals surface area contributed by atoms with Gasteiger partial charge in [0, 0.05) is 29.8 Å². The largest absolute Gasteiger partial charge is 0.365 e. The summed E-state index contributed by atoms with van der Waals surface area (Å²) >= 11 is 6.14. The summed E-state index contributed by atoms with van der Waals surface area (Å²) in [5.41, 5.74) is 3.54. The minimum atomic E-state index is -3.64. The van der Waals surface area contributed by atoms with E-state index in [1.54, 1.807) is 36.4 Å². The van der Waals surface area contributed by atoms with Crippen LogP contribution in [0.15, 0.2) is 77.7 Å². The van der Waals surface area contributed by atoms with Crippen LogP contribution in [0.25, 0.3) is 0 Å². The standard InChI is InChI=1S/C23H20ClN3O2S/c24-20-6-4-5-18(12-20)15-27-16-21(13-19-11-17(14-25)9-10-23(19)27)26-30(28,29)22-7-2-1-3-8-22/h1-12,21,26H,13,15-16H2/t21-/m1/s1. The molecule has 1 heterocycles. The average molecular weight is 438 g/mol. The fourth-order valence-corrected chi connectivity index (χ4v) is 5.25. The van der Waals surface area contributed by atoms with Crippen LogP contribution in [0.1, 0.15) is 16.7 Å². The van der Waals surface area contributed by atoms with Crippen molar-refractivity contribution in [2.24, 2.45) is 0 Å². The Hall–Kier alpha value is -2.85. The highest BCUT2D eigenvalue weighted by atomic mass is 35.5. The zero-order chi connectivity index (χ0) is 21.1. The summed E-state index contributed by atoms with van der Waals surface area (Å²) in [6.07, 6.45) is 0.517. The second-order valence-corrected chi connectivity index (χ2v) is 9.45. The second-order valence-electron chi connectivity index (χ2n) is 7.30. The van der Waals surface area contributed by atoms with Crippen LogP contribution in [0.5, 0.6) is 0 Å². The molecule has 0 aromatic heterocycles. The number of hydrogen-bond donors (Lipinski definition) is 1. The zero-order valence-electron chi connectivity index (χ0n) is 16.1. The van der Waals surface area contributed by atoms with Gasteiger partial charge in [0.2, 0.25) is 10.0 Å². The highest BCUT2D eigenvalue weighted by Crippen LogP contribution is 2.30. The van der Waals surface area contributed by atoms with E-state index < -0.39 is 10.0 Å². The lowest BCUT2D eigenvalue weighted by molar-refractivity contribution is 0.524. The molecule has 0 bridgehead atoms. The monoisotopic (exact) mass is 437 g/mol. The number of nitrogens with one attached hydrogen (secondary N) is 1. The smallest absolute Gasteiger partial charge is 0.240 e. The van der Waals surface area contributed by atoms with Crippen molar-refractivity contribution < 1.29 is 8.42 Å². The minimum absolute atomic E-state index is 0.239. The Morgan fingerprint density at radius 3 is 2.60 bits per heavy atom. The van der Waals surface area contributed by atoms with Gasteiger partial charge in [-0.2, -0.15) is 5.26 Å². The van der Waals surface area contributed by atoms with E-state index in [-0.39, 0.29) is 10.9 Å². The van der Waals surface area contributed by atoms with Crippen LogP contribution in [0, 0.1) is 11.3 Å². The van der Waals surface area contributed by atoms with Gasteiger partial charge in [0.15, 0.2) is 0 Å². The van der Waals surface area contributed by atoms with E-state index in [2.05, 4.69) is 15.7 Å². The van der Waals surface area contributed by atoms with E-state index in [1.165, 1.54) is 0 Å². The molecule has 0 spiro atoms. The zero-order valence-corrected chi connectivity index (χ0v) is 17.7. The molecular weight excluding hydrogens is 418 g/mol. The number of rotatable bonds is 5. The Labute approximate surface area is 181 Å². The van der Waals surface area contributed by atoms with Crippen molar-refractivity contribution in [3.05, 3.63) is 94.5 Å². The van der Waals surface area contributed by atoms with Crippen LogP contribution in [0.3, 0.4) is 0 Å². The van der Waals surface area contributed by atoms with E-state index >= 15 is 0 Å². The van der Waals surface area contributed by atoms with Gasteiger partial charge in [0.1, 0.15) is 0 Å². The molecule has 30 heavy (non-hydrogen) atoms. The van der Waals surface area contributed by atoms with Gasteiger partial charge in [-0.15, -0.1) is 0 Å². The van der Waals surface area contributed by atoms with Gasteiger partial charge in [-0.25, -0.2) is 13.1 Å². The summed E-state index contributed by atoms with van der Waals surface area (Å²) < 4.78 is 28.5. The first-order chi connectivity index (χ1) is 14.4. The lowest BCUT2D eigenvalue weighted by atomic mass is 9.96. The third-order valence-electron chi connectivity index (χ3n) is 5.09. The number of hydrogen-bond acceptors (Lipinski definition) is 4. The normalized spacial score (nSPS) is 16.0. The fourth-order valence-electron chi connectivity index (χ4n) is 3.79. The van der Waals surface area contributed by atoms with Crippen LogP contribution >= 0.6 is 11.6 Å². The Morgan fingerprint density at radius 1 is 1.07 bits per heavy atom. The van der Waals surface area contributed by atoms with Crippen molar-refractivity contribution in [3.63, 3.8) is 0 Å². The van der Waals surface area contributed by atoms with Crippen molar-refractivity contribution in [2.45, 2.75) is 23.9 Å². The van der Waals surface area contributed by atoms with Crippen molar-refractivity contribution in [1.82, 2.24) is 4.72 Å². The second kappa shape index (κ2) is 8.49. The number of anilines is 1. The SMILES string of the molecule is N#Cc1ccc2c(c1)C[C@@H](NS(=O)(=O)c1ccccc1)CN2Cc1cccc(Cl)c1. The number of fused-ring (bicyclic) bond motifs is 1. The lowest BCUT2D eigenvalue weighted by Crippen LogP contribution is -2.48. The quantitative estimate of drug-likeness (QED) is 0.651. The molecule has 1 N–H and O–H groups in total. The number of nitrogens with zero attached hydrogens (tertiary/aromatic N) is 2. The fraction of sp³-hybridized carbons (Fsp3) is 0.174. The first kappa shape index (κ1) is 20.4. The van der Waals surface area contributed by atoms with Crippen molar-refractivity contribution in [3.8, 4) is 6.07 Å². The lowest BCUT2D eigenvalue weighted by Gasteiger charge is -2.36. The van der Waals surface area contributed by atoms with Crippen LogP contribution in [0.2, 0.25) is 5.02 Å². The molecular formula is C23H20ClN3O2S. The van der Waals surface area contributed by atoms with Crippen molar-refractivity contribution in [1.29, 1.82) is 5.26 Å². The highest BCUT2D eigenvalue weighted by molar-refractivity contribution is 7.89.